The molecule has 2 aromatic rings. The van der Waals surface area contributed by atoms with Crippen LogP contribution in [0, 0.1) is 5.41 Å². The lowest BCUT2D eigenvalue weighted by atomic mass is 9.77. The summed E-state index contributed by atoms with van der Waals surface area (Å²) in [6.07, 6.45) is 4.98. The maximum absolute atomic E-state index is 13.2. The lowest BCUT2D eigenvalue weighted by Gasteiger charge is -2.40. The molecule has 0 bridgehead atoms. The lowest BCUT2D eigenvalue weighted by molar-refractivity contribution is 0.0540. The fourth-order valence-electron chi connectivity index (χ4n) is 4.44. The minimum atomic E-state index is 0.0481. The Labute approximate surface area is 166 Å². The number of ether oxygens (including phenoxy) is 2. The van der Waals surface area contributed by atoms with Gasteiger partial charge in [-0.3, -0.25) is 9.48 Å². The van der Waals surface area contributed by atoms with Crippen LogP contribution in [0.2, 0.25) is 0 Å². The van der Waals surface area contributed by atoms with Gasteiger partial charge in [0.2, 0.25) is 6.79 Å². The van der Waals surface area contributed by atoms with E-state index in [1.807, 2.05) is 24.1 Å². The summed E-state index contributed by atoms with van der Waals surface area (Å²) in [7, 11) is 1.86. The maximum Gasteiger partial charge on any atom is 0.272 e. The normalized spacial score (nSPS) is 21.2. The first-order chi connectivity index (χ1) is 13.5. The minimum absolute atomic E-state index is 0.0481. The Kier molecular flexibility index (Phi) is 5.04. The topological polar surface area (TPSA) is 56.6 Å². The molecular weight excluding hydrogens is 354 g/mol. The third-order valence-corrected chi connectivity index (χ3v) is 5.79. The number of hydrogen-bond donors (Lipinski definition) is 0. The summed E-state index contributed by atoms with van der Waals surface area (Å²) in [5.74, 6) is 1.73. The number of likely N-dealkylation sites (tertiary alicyclic amines) is 1. The van der Waals surface area contributed by atoms with E-state index in [2.05, 4.69) is 31.1 Å². The molecule has 1 aromatic carbocycles. The molecule has 0 saturated carbocycles. The molecule has 6 heteroatoms. The van der Waals surface area contributed by atoms with E-state index in [1.165, 1.54) is 5.56 Å². The van der Waals surface area contributed by atoms with Gasteiger partial charge in [-0.2, -0.15) is 5.10 Å². The van der Waals surface area contributed by atoms with Crippen LogP contribution in [0.1, 0.15) is 54.9 Å². The molecule has 1 atom stereocenters. The van der Waals surface area contributed by atoms with Crippen LogP contribution in [0.4, 0.5) is 0 Å². The van der Waals surface area contributed by atoms with Gasteiger partial charge in [-0.25, -0.2) is 0 Å². The zero-order valence-electron chi connectivity index (χ0n) is 17.0. The number of benzene rings is 1. The Morgan fingerprint density at radius 3 is 2.89 bits per heavy atom. The fourth-order valence-corrected chi connectivity index (χ4v) is 4.44. The number of amides is 1. The number of rotatable bonds is 5. The predicted molar refractivity (Wildman–Crippen MR) is 107 cm³/mol. The highest BCUT2D eigenvalue weighted by Crippen LogP contribution is 2.37. The number of aryl methyl sites for hydroxylation is 2. The van der Waals surface area contributed by atoms with Crippen molar-refractivity contribution in [3.8, 4) is 11.5 Å². The quantitative estimate of drug-likeness (QED) is 0.792. The second-order valence-corrected chi connectivity index (χ2v) is 8.40. The Bertz CT molecular complexity index is 876. The number of hydrogen-bond acceptors (Lipinski definition) is 4. The Morgan fingerprint density at radius 2 is 2.07 bits per heavy atom. The van der Waals surface area contributed by atoms with Gasteiger partial charge >= 0.3 is 0 Å². The Morgan fingerprint density at radius 1 is 1.25 bits per heavy atom. The molecule has 1 fully saturated rings. The van der Waals surface area contributed by atoms with Crippen LogP contribution >= 0.6 is 0 Å². The zero-order chi connectivity index (χ0) is 19.7. The molecular formula is C22H29N3O3. The van der Waals surface area contributed by atoms with Crippen molar-refractivity contribution in [2.45, 2.75) is 46.0 Å². The molecule has 2 aliphatic rings. The largest absolute Gasteiger partial charge is 0.454 e. The molecule has 150 valence electrons. The van der Waals surface area contributed by atoms with E-state index in [0.717, 1.165) is 62.4 Å². The van der Waals surface area contributed by atoms with Gasteiger partial charge in [0.25, 0.3) is 5.91 Å². The van der Waals surface area contributed by atoms with Crippen molar-refractivity contribution in [3.63, 3.8) is 0 Å². The number of fused-ring (bicyclic) bond motifs is 1. The molecule has 0 N–H and O–H groups in total. The second kappa shape index (κ2) is 7.49. The van der Waals surface area contributed by atoms with Gasteiger partial charge in [-0.1, -0.05) is 26.3 Å². The number of nitrogens with zero attached hydrogens (tertiary/aromatic N) is 3. The van der Waals surface area contributed by atoms with E-state index in [4.69, 9.17) is 9.47 Å². The van der Waals surface area contributed by atoms with Crippen molar-refractivity contribution in [2.75, 3.05) is 19.9 Å². The average Bonchev–Trinajstić information content (AvgIpc) is 3.27. The van der Waals surface area contributed by atoms with Crippen molar-refractivity contribution in [2.24, 2.45) is 12.5 Å². The molecule has 0 radical (unpaired) electrons. The smallest absolute Gasteiger partial charge is 0.272 e. The number of carbonyl (C=O) groups is 1. The SMILES string of the molecule is CCCc1cc(C(=O)N2CCCC(C)(Cc3ccc4c(c3)OCO4)C2)n(C)n1. The molecule has 1 aromatic heterocycles. The first-order valence-corrected chi connectivity index (χ1v) is 10.2. The van der Waals surface area contributed by atoms with E-state index in [-0.39, 0.29) is 11.3 Å². The van der Waals surface area contributed by atoms with Crippen LogP contribution in [0.3, 0.4) is 0 Å². The third-order valence-electron chi connectivity index (χ3n) is 5.79. The summed E-state index contributed by atoms with van der Waals surface area (Å²) in [5.41, 5.74) is 2.96. The molecule has 4 rings (SSSR count). The number of aromatic nitrogens is 2. The van der Waals surface area contributed by atoms with Gasteiger partial charge in [0.1, 0.15) is 5.69 Å². The monoisotopic (exact) mass is 383 g/mol. The van der Waals surface area contributed by atoms with Gasteiger partial charge in [0.15, 0.2) is 11.5 Å². The van der Waals surface area contributed by atoms with Gasteiger partial charge in [0.05, 0.1) is 5.69 Å². The first kappa shape index (κ1) is 18.8. The summed E-state index contributed by atoms with van der Waals surface area (Å²) < 4.78 is 12.7. The summed E-state index contributed by atoms with van der Waals surface area (Å²) in [5, 5.41) is 4.50. The molecule has 3 heterocycles. The Balaban J connectivity index is 1.48. The highest BCUT2D eigenvalue weighted by atomic mass is 16.7. The van der Waals surface area contributed by atoms with Crippen molar-refractivity contribution in [1.29, 1.82) is 0 Å². The van der Waals surface area contributed by atoms with E-state index in [0.29, 0.717) is 12.5 Å². The zero-order valence-corrected chi connectivity index (χ0v) is 17.0. The van der Waals surface area contributed by atoms with Crippen molar-refractivity contribution in [3.05, 3.63) is 41.2 Å². The summed E-state index contributed by atoms with van der Waals surface area (Å²) >= 11 is 0. The van der Waals surface area contributed by atoms with Gasteiger partial charge in [-0.15, -0.1) is 0 Å². The minimum Gasteiger partial charge on any atom is -0.454 e. The van der Waals surface area contributed by atoms with Gasteiger partial charge in [0, 0.05) is 20.1 Å². The predicted octanol–water partition coefficient (Wildman–Crippen LogP) is 3.59. The number of piperidine rings is 1. The van der Waals surface area contributed by atoms with E-state index >= 15 is 0 Å². The summed E-state index contributed by atoms with van der Waals surface area (Å²) in [6, 6.07) is 8.12. The average molecular weight is 383 g/mol. The van der Waals surface area contributed by atoms with E-state index in [1.54, 1.807) is 4.68 Å². The summed E-state index contributed by atoms with van der Waals surface area (Å²) in [6.45, 7) is 6.27. The van der Waals surface area contributed by atoms with Crippen LogP contribution in [0.25, 0.3) is 0 Å². The second-order valence-electron chi connectivity index (χ2n) is 8.40. The molecule has 2 aliphatic heterocycles. The van der Waals surface area contributed by atoms with Crippen molar-refractivity contribution < 1.29 is 14.3 Å². The molecule has 0 spiro atoms. The van der Waals surface area contributed by atoms with Crippen molar-refractivity contribution in [1.82, 2.24) is 14.7 Å². The third kappa shape index (κ3) is 3.73. The Hall–Kier alpha value is -2.50. The van der Waals surface area contributed by atoms with Crippen LogP contribution in [-0.4, -0.2) is 40.5 Å². The molecule has 1 unspecified atom stereocenters. The standard InChI is InChI=1S/C22H29N3O3/c1-4-6-17-12-18(24(3)23-17)21(26)25-10-5-9-22(2,14-25)13-16-7-8-19-20(11-16)28-15-27-19/h7-8,11-12H,4-6,9-10,13-15H2,1-3H3. The molecule has 0 aliphatic carbocycles. The highest BCUT2D eigenvalue weighted by molar-refractivity contribution is 5.92. The summed E-state index contributed by atoms with van der Waals surface area (Å²) in [4.78, 5) is 15.2. The van der Waals surface area contributed by atoms with E-state index < -0.39 is 0 Å². The van der Waals surface area contributed by atoms with Crippen LogP contribution in [0.5, 0.6) is 11.5 Å². The van der Waals surface area contributed by atoms with Gasteiger partial charge in [-0.05, 0) is 54.9 Å². The fraction of sp³-hybridized carbons (Fsp3) is 0.545. The maximum atomic E-state index is 13.2. The van der Waals surface area contributed by atoms with Crippen LogP contribution in [0.15, 0.2) is 24.3 Å². The van der Waals surface area contributed by atoms with Crippen LogP contribution < -0.4 is 9.47 Å². The van der Waals surface area contributed by atoms with E-state index in [9.17, 15) is 4.79 Å². The lowest BCUT2D eigenvalue weighted by Crippen LogP contribution is -2.46. The first-order valence-electron chi connectivity index (χ1n) is 10.2. The van der Waals surface area contributed by atoms with Crippen LogP contribution in [-0.2, 0) is 19.9 Å². The van der Waals surface area contributed by atoms with Gasteiger partial charge < -0.3 is 14.4 Å². The van der Waals surface area contributed by atoms with Crippen molar-refractivity contribution >= 4 is 5.91 Å². The molecule has 1 amide bonds. The molecule has 1 saturated heterocycles. The highest BCUT2D eigenvalue weighted by Gasteiger charge is 2.34. The molecule has 28 heavy (non-hydrogen) atoms. The molecule has 6 nitrogen and oxygen atoms in total. The number of carbonyl (C=O) groups excluding carboxylic acids is 1.